The second-order valence-corrected chi connectivity index (χ2v) is 4.41. The summed E-state index contributed by atoms with van der Waals surface area (Å²) in [5.41, 5.74) is 2.57. The van der Waals surface area contributed by atoms with Crippen LogP contribution in [0.1, 0.15) is 11.1 Å². The summed E-state index contributed by atoms with van der Waals surface area (Å²) in [6, 6.07) is 18.9. The first-order valence-electron chi connectivity index (χ1n) is 4.96. The van der Waals surface area contributed by atoms with Gasteiger partial charge < -0.3 is 0 Å². The van der Waals surface area contributed by atoms with Gasteiger partial charge in [0.15, 0.2) is 0 Å². The third kappa shape index (κ3) is 4.02. The topological polar surface area (TPSA) is 0 Å². The van der Waals surface area contributed by atoms with Crippen LogP contribution in [0.5, 0.6) is 0 Å². The van der Waals surface area contributed by atoms with Crippen LogP contribution in [0.15, 0.2) is 59.5 Å². The number of thioether (sulfide) groups is 1. The van der Waals surface area contributed by atoms with E-state index in [9.17, 15) is 0 Å². The molecule has 0 radical (unpaired) electrons. The van der Waals surface area contributed by atoms with Crippen molar-refractivity contribution in [3.05, 3.63) is 71.5 Å². The molecule has 0 unspecified atom stereocenters. The van der Waals surface area contributed by atoms with Crippen molar-refractivity contribution in [3.8, 4) is 0 Å². The van der Waals surface area contributed by atoms with Crippen LogP contribution in [0.2, 0.25) is 0 Å². The van der Waals surface area contributed by atoms with Crippen LogP contribution >= 0.6 is 11.8 Å². The Balaban J connectivity index is 0.00000128. The van der Waals surface area contributed by atoms with Crippen LogP contribution in [-0.2, 0) is 0 Å². The van der Waals surface area contributed by atoms with E-state index in [2.05, 4.69) is 61.2 Å². The maximum Gasteiger partial charge on any atom is 1.00 e. The van der Waals surface area contributed by atoms with E-state index in [4.69, 9.17) is 0 Å². The van der Waals surface area contributed by atoms with Gasteiger partial charge in [-0.25, -0.2) is 0 Å². The minimum absolute atomic E-state index is 0. The molecule has 76 valence electrons. The maximum absolute atomic E-state index is 2.19. The smallest absolute Gasteiger partial charge is 0.181 e. The molecule has 0 heterocycles. The molecule has 0 bridgehead atoms. The predicted octanol–water partition coefficient (Wildman–Crippen LogP) is 1.30. The Bertz CT molecular complexity index is 426. The minimum atomic E-state index is 0. The number of rotatable bonds is 3. The van der Waals surface area contributed by atoms with E-state index in [0.717, 1.165) is 0 Å². The van der Waals surface area contributed by atoms with Gasteiger partial charge in [-0.1, -0.05) is 31.2 Å². The average molecular weight is 220 g/mol. The number of benzene rings is 2. The standard InChI is InChI=1S/C14H13S.Li/c1-12-6-5-7-13(10-12)11-15-14-8-3-2-4-9-14;/h2-11H,1H3;/q-1;+1. The normalized spacial score (nSPS) is 9.31. The fraction of sp³-hybridized carbons (Fsp3) is 0.0714. The fourth-order valence-electron chi connectivity index (χ4n) is 1.38. The molecule has 0 aromatic heterocycles. The van der Waals surface area contributed by atoms with Gasteiger partial charge in [0, 0.05) is 0 Å². The van der Waals surface area contributed by atoms with E-state index in [-0.39, 0.29) is 18.9 Å². The van der Waals surface area contributed by atoms with Gasteiger partial charge >= 0.3 is 18.9 Å². The first kappa shape index (κ1) is 13.3. The molecule has 0 saturated heterocycles. The molecular formula is C14H13LiS. The summed E-state index contributed by atoms with van der Waals surface area (Å²) in [6.07, 6.45) is 0. The maximum atomic E-state index is 2.19. The van der Waals surface area contributed by atoms with Gasteiger partial charge in [0.05, 0.1) is 0 Å². The van der Waals surface area contributed by atoms with Gasteiger partial charge in [0.2, 0.25) is 0 Å². The van der Waals surface area contributed by atoms with Crippen molar-refractivity contribution < 1.29 is 18.9 Å². The van der Waals surface area contributed by atoms with Gasteiger partial charge in [0.25, 0.3) is 0 Å². The molecular weight excluding hydrogens is 207 g/mol. The Morgan fingerprint density at radius 1 is 0.938 bits per heavy atom. The first-order chi connectivity index (χ1) is 7.34. The zero-order valence-corrected chi connectivity index (χ0v) is 10.5. The Morgan fingerprint density at radius 3 is 2.38 bits per heavy atom. The van der Waals surface area contributed by atoms with Crippen LogP contribution in [0.25, 0.3) is 0 Å². The zero-order valence-electron chi connectivity index (χ0n) is 9.68. The van der Waals surface area contributed by atoms with Gasteiger partial charge in [-0.2, -0.15) is 29.5 Å². The Hall–Kier alpha value is -0.743. The molecule has 0 aliphatic heterocycles. The third-order valence-corrected chi connectivity index (χ3v) is 3.05. The largest absolute Gasteiger partial charge is 1.00 e. The molecule has 0 N–H and O–H groups in total. The van der Waals surface area contributed by atoms with Crippen LogP contribution in [0.4, 0.5) is 0 Å². The molecule has 0 fully saturated rings. The van der Waals surface area contributed by atoms with Gasteiger partial charge in [-0.05, 0) is 17.0 Å². The summed E-state index contributed by atoms with van der Waals surface area (Å²) in [6.45, 7) is 2.12. The number of aryl methyl sites for hydroxylation is 1. The van der Waals surface area contributed by atoms with E-state index in [1.165, 1.54) is 16.0 Å². The van der Waals surface area contributed by atoms with Crippen LogP contribution < -0.4 is 18.9 Å². The van der Waals surface area contributed by atoms with Crippen LogP contribution in [-0.4, -0.2) is 0 Å². The Morgan fingerprint density at radius 2 is 1.69 bits per heavy atom. The van der Waals surface area contributed by atoms with E-state index in [1.807, 2.05) is 6.07 Å². The zero-order chi connectivity index (χ0) is 10.5. The average Bonchev–Trinajstić information content (AvgIpc) is 2.28. The Kier molecular flexibility index (Phi) is 5.63. The second kappa shape index (κ2) is 6.76. The molecule has 2 aromatic carbocycles. The van der Waals surface area contributed by atoms with Crippen molar-refractivity contribution in [1.82, 2.24) is 0 Å². The molecule has 0 nitrogen and oxygen atoms in total. The quantitative estimate of drug-likeness (QED) is 0.427. The summed E-state index contributed by atoms with van der Waals surface area (Å²) in [4.78, 5) is 1.28. The minimum Gasteiger partial charge on any atom is -0.181 e. The summed E-state index contributed by atoms with van der Waals surface area (Å²) < 4.78 is 0. The molecule has 0 aliphatic rings. The molecule has 2 heteroatoms. The van der Waals surface area contributed by atoms with E-state index in [1.54, 1.807) is 11.8 Å². The van der Waals surface area contributed by atoms with Crippen molar-refractivity contribution in [2.75, 3.05) is 0 Å². The van der Waals surface area contributed by atoms with E-state index < -0.39 is 0 Å². The SMILES string of the molecule is Cc1cccc([CH-]Sc2ccccc2)c1.[Li+]. The number of hydrogen-bond acceptors (Lipinski definition) is 1. The summed E-state index contributed by atoms with van der Waals surface area (Å²) in [5.74, 6) is 2.18. The fourth-order valence-corrected chi connectivity index (χ4v) is 2.11. The van der Waals surface area contributed by atoms with Crippen molar-refractivity contribution in [3.63, 3.8) is 0 Å². The summed E-state index contributed by atoms with van der Waals surface area (Å²) in [7, 11) is 0. The molecule has 0 saturated carbocycles. The summed E-state index contributed by atoms with van der Waals surface area (Å²) >= 11 is 1.76. The van der Waals surface area contributed by atoms with E-state index in [0.29, 0.717) is 0 Å². The Labute approximate surface area is 114 Å². The van der Waals surface area contributed by atoms with Crippen molar-refractivity contribution >= 4 is 11.8 Å². The molecule has 0 spiro atoms. The summed E-state index contributed by atoms with van der Waals surface area (Å²) in [5, 5.41) is 0. The number of hydrogen-bond donors (Lipinski definition) is 0. The molecule has 16 heavy (non-hydrogen) atoms. The predicted molar refractivity (Wildman–Crippen MR) is 66.9 cm³/mol. The second-order valence-electron chi connectivity index (χ2n) is 3.46. The van der Waals surface area contributed by atoms with Crippen molar-refractivity contribution in [2.24, 2.45) is 0 Å². The van der Waals surface area contributed by atoms with Gasteiger partial charge in [-0.15, -0.1) is 17.4 Å². The molecule has 0 amide bonds. The van der Waals surface area contributed by atoms with Crippen LogP contribution in [0.3, 0.4) is 0 Å². The third-order valence-electron chi connectivity index (χ3n) is 2.12. The van der Waals surface area contributed by atoms with Gasteiger partial charge in [-0.3, -0.25) is 0 Å². The van der Waals surface area contributed by atoms with E-state index >= 15 is 0 Å². The molecule has 2 aromatic rings. The van der Waals surface area contributed by atoms with Crippen LogP contribution in [0, 0.1) is 12.7 Å². The molecule has 2 rings (SSSR count). The first-order valence-corrected chi connectivity index (χ1v) is 5.84. The molecule has 0 atom stereocenters. The van der Waals surface area contributed by atoms with Crippen molar-refractivity contribution in [1.29, 1.82) is 0 Å². The van der Waals surface area contributed by atoms with Gasteiger partial charge in [0.1, 0.15) is 0 Å². The molecule has 0 aliphatic carbocycles. The van der Waals surface area contributed by atoms with Crippen molar-refractivity contribution in [2.45, 2.75) is 11.8 Å². The monoisotopic (exact) mass is 220 g/mol.